The van der Waals surface area contributed by atoms with Crippen LogP contribution in [0.3, 0.4) is 0 Å². The molecule has 0 aliphatic rings. The van der Waals surface area contributed by atoms with Crippen molar-refractivity contribution in [3.63, 3.8) is 0 Å². The van der Waals surface area contributed by atoms with Crippen LogP contribution in [0.1, 0.15) is 12.6 Å². The number of fused-ring (bicyclic) bond motifs is 1. The molecule has 2 nitrogen and oxygen atoms in total. The van der Waals surface area contributed by atoms with Gasteiger partial charge in [0.1, 0.15) is 0 Å². The first kappa shape index (κ1) is 20.8. The van der Waals surface area contributed by atoms with Crippen LogP contribution in [-0.2, 0) is 4.57 Å². The summed E-state index contributed by atoms with van der Waals surface area (Å²) in [5, 5.41) is 4.52. The van der Waals surface area contributed by atoms with Gasteiger partial charge in [0.05, 0.1) is 5.69 Å². The number of pyridine rings is 1. The Morgan fingerprint density at radius 1 is 0.839 bits per heavy atom. The van der Waals surface area contributed by atoms with Crippen LogP contribution in [0.25, 0.3) is 16.3 Å². The van der Waals surface area contributed by atoms with Crippen LogP contribution in [0.15, 0.2) is 127 Å². The lowest BCUT2D eigenvalue weighted by atomic mass is 10.0. The third-order valence-corrected chi connectivity index (χ3v) is 8.53. The lowest BCUT2D eigenvalue weighted by Gasteiger charge is -2.21. The quantitative estimate of drug-likeness (QED) is 0.255. The van der Waals surface area contributed by atoms with E-state index in [9.17, 15) is 4.57 Å². The SMILES string of the molecule is C=C/C(=C\C(=C/C)P(=O)(c1ccccc1)c1ccccc1)c1nccc2ccccc12. The van der Waals surface area contributed by atoms with Crippen LogP contribution < -0.4 is 10.6 Å². The molecule has 0 amide bonds. The zero-order chi connectivity index (χ0) is 21.7. The van der Waals surface area contributed by atoms with Gasteiger partial charge in [0, 0.05) is 33.1 Å². The molecule has 0 unspecified atom stereocenters. The number of allylic oxidation sites excluding steroid dienone is 5. The molecule has 0 saturated heterocycles. The molecule has 3 aromatic carbocycles. The summed E-state index contributed by atoms with van der Waals surface area (Å²) in [7, 11) is -3.07. The van der Waals surface area contributed by atoms with Gasteiger partial charge in [0.25, 0.3) is 0 Å². The highest BCUT2D eigenvalue weighted by atomic mass is 31.2. The maximum Gasteiger partial charge on any atom is 0.170 e. The molecule has 4 aromatic rings. The van der Waals surface area contributed by atoms with E-state index in [1.54, 1.807) is 12.3 Å². The number of benzene rings is 3. The van der Waals surface area contributed by atoms with Crippen LogP contribution in [-0.4, -0.2) is 4.98 Å². The van der Waals surface area contributed by atoms with E-state index in [4.69, 9.17) is 0 Å². The summed E-state index contributed by atoms with van der Waals surface area (Å²) in [5.41, 5.74) is 1.68. The van der Waals surface area contributed by atoms with Gasteiger partial charge < -0.3 is 4.57 Å². The third-order valence-electron chi connectivity index (χ3n) is 5.37. The fraction of sp³-hybridized carbons (Fsp3) is 0.0357. The Morgan fingerprint density at radius 3 is 2.00 bits per heavy atom. The van der Waals surface area contributed by atoms with E-state index in [0.717, 1.165) is 38.0 Å². The monoisotopic (exact) mass is 421 g/mol. The molecule has 0 aliphatic carbocycles. The number of aromatic nitrogens is 1. The van der Waals surface area contributed by atoms with E-state index >= 15 is 0 Å². The van der Waals surface area contributed by atoms with E-state index < -0.39 is 7.14 Å². The van der Waals surface area contributed by atoms with Crippen molar-refractivity contribution in [2.24, 2.45) is 0 Å². The minimum Gasteiger partial charge on any atom is -0.309 e. The molecule has 0 saturated carbocycles. The van der Waals surface area contributed by atoms with Crippen LogP contribution in [0.2, 0.25) is 0 Å². The maximum atomic E-state index is 14.7. The highest BCUT2D eigenvalue weighted by Gasteiger charge is 2.30. The van der Waals surface area contributed by atoms with Crippen LogP contribution >= 0.6 is 7.14 Å². The van der Waals surface area contributed by atoms with Gasteiger partial charge in [-0.15, -0.1) is 0 Å². The third kappa shape index (κ3) is 3.95. The van der Waals surface area contributed by atoms with Gasteiger partial charge in [0.2, 0.25) is 0 Å². The smallest absolute Gasteiger partial charge is 0.170 e. The van der Waals surface area contributed by atoms with Crippen LogP contribution in [0.5, 0.6) is 0 Å². The van der Waals surface area contributed by atoms with Crippen LogP contribution in [0.4, 0.5) is 0 Å². The normalized spacial score (nSPS) is 12.7. The molecule has 0 aliphatic heterocycles. The first-order valence-corrected chi connectivity index (χ1v) is 12.0. The van der Waals surface area contributed by atoms with Crippen LogP contribution in [0, 0.1) is 0 Å². The highest BCUT2D eigenvalue weighted by molar-refractivity contribution is 7.82. The van der Waals surface area contributed by atoms with Gasteiger partial charge in [-0.2, -0.15) is 0 Å². The molecule has 3 heteroatoms. The molecule has 0 N–H and O–H groups in total. The number of hydrogen-bond acceptors (Lipinski definition) is 2. The maximum absolute atomic E-state index is 14.7. The van der Waals surface area contributed by atoms with Crippen molar-refractivity contribution < 1.29 is 4.57 Å². The molecule has 0 atom stereocenters. The van der Waals surface area contributed by atoms with E-state index in [0.29, 0.717) is 0 Å². The Bertz CT molecular complexity index is 1270. The molecular weight excluding hydrogens is 397 g/mol. The first-order valence-electron chi connectivity index (χ1n) is 10.2. The minimum absolute atomic E-state index is 0.759. The second-order valence-corrected chi connectivity index (χ2v) is 9.95. The van der Waals surface area contributed by atoms with Gasteiger partial charge in [-0.3, -0.25) is 4.98 Å². The summed E-state index contributed by atoms with van der Waals surface area (Å²) in [6, 6.07) is 29.5. The average Bonchev–Trinajstić information content (AvgIpc) is 2.85. The Morgan fingerprint density at radius 2 is 1.42 bits per heavy atom. The summed E-state index contributed by atoms with van der Waals surface area (Å²) in [5.74, 6) is 0. The zero-order valence-electron chi connectivity index (χ0n) is 17.5. The average molecular weight is 421 g/mol. The van der Waals surface area contributed by atoms with Gasteiger partial charge in [-0.25, -0.2) is 0 Å². The van der Waals surface area contributed by atoms with Crippen molar-refractivity contribution in [2.75, 3.05) is 0 Å². The van der Waals surface area contributed by atoms with E-state index in [1.165, 1.54) is 0 Å². The van der Waals surface area contributed by atoms with Gasteiger partial charge >= 0.3 is 0 Å². The molecule has 31 heavy (non-hydrogen) atoms. The first-order chi connectivity index (χ1) is 15.2. The number of hydrogen-bond donors (Lipinski definition) is 0. The zero-order valence-corrected chi connectivity index (χ0v) is 18.4. The van der Waals surface area contributed by atoms with Gasteiger partial charge in [-0.1, -0.05) is 104 Å². The summed E-state index contributed by atoms with van der Waals surface area (Å²) in [4.78, 5) is 4.64. The standard InChI is InChI=1S/C28H24NOP/c1-3-22(28-27-18-12-11-13-23(27)19-20-29-28)21-24(4-2)31(30,25-14-7-5-8-15-25)26-16-9-6-10-17-26/h3-21H,1H2,2H3/b22-21+,24-4+. The summed E-state index contributed by atoms with van der Waals surface area (Å²) >= 11 is 0. The summed E-state index contributed by atoms with van der Waals surface area (Å²) < 4.78 is 14.7. The topological polar surface area (TPSA) is 30.0 Å². The fourth-order valence-corrected chi connectivity index (χ4v) is 6.57. The van der Waals surface area contributed by atoms with Crippen molar-refractivity contribution in [1.29, 1.82) is 0 Å². The molecule has 152 valence electrons. The highest BCUT2D eigenvalue weighted by Crippen LogP contribution is 2.53. The predicted molar refractivity (Wildman–Crippen MR) is 133 cm³/mol. The van der Waals surface area contributed by atoms with Crippen molar-refractivity contribution in [2.45, 2.75) is 6.92 Å². The lowest BCUT2D eigenvalue weighted by Crippen LogP contribution is -2.17. The van der Waals surface area contributed by atoms with Crippen molar-refractivity contribution in [3.05, 3.63) is 133 Å². The van der Waals surface area contributed by atoms with E-state index in [2.05, 4.69) is 23.7 Å². The molecule has 1 aromatic heterocycles. The Hall–Kier alpha value is -3.48. The molecule has 4 rings (SSSR count). The second-order valence-electron chi connectivity index (χ2n) is 7.18. The fourth-order valence-electron chi connectivity index (χ4n) is 3.81. The number of nitrogens with zero attached hydrogens (tertiary/aromatic N) is 1. The van der Waals surface area contributed by atoms with E-state index in [1.807, 2.05) is 97.9 Å². The predicted octanol–water partition coefficient (Wildman–Crippen LogP) is 6.72. The van der Waals surface area contributed by atoms with Crippen molar-refractivity contribution >= 4 is 34.1 Å². The van der Waals surface area contributed by atoms with E-state index in [-0.39, 0.29) is 0 Å². The summed E-state index contributed by atoms with van der Waals surface area (Å²) in [6.45, 7) is 5.97. The Labute approximate surface area is 183 Å². The molecule has 0 spiro atoms. The summed E-state index contributed by atoms with van der Waals surface area (Å²) in [6.07, 6.45) is 7.51. The van der Waals surface area contributed by atoms with Crippen molar-refractivity contribution in [3.8, 4) is 0 Å². The van der Waals surface area contributed by atoms with Crippen molar-refractivity contribution in [1.82, 2.24) is 4.98 Å². The number of rotatable bonds is 6. The van der Waals surface area contributed by atoms with Gasteiger partial charge in [0.15, 0.2) is 7.14 Å². The largest absolute Gasteiger partial charge is 0.309 e. The molecule has 0 fully saturated rings. The Balaban J connectivity index is 1.94. The Kier molecular flexibility index (Phi) is 6.11. The van der Waals surface area contributed by atoms with Gasteiger partial charge in [-0.05, 0) is 24.5 Å². The minimum atomic E-state index is -3.07. The molecule has 0 radical (unpaired) electrons. The molecule has 1 heterocycles. The molecular formula is C28H24NOP. The molecule has 0 bridgehead atoms. The lowest BCUT2D eigenvalue weighted by molar-refractivity contribution is 0.591. The second kappa shape index (κ2) is 9.12.